The van der Waals surface area contributed by atoms with E-state index in [9.17, 15) is 5.26 Å². The molecule has 1 aromatic carbocycles. The number of benzene rings is 1. The Morgan fingerprint density at radius 2 is 2.06 bits per heavy atom. The molecule has 0 saturated carbocycles. The number of hydrogen-bond donors (Lipinski definition) is 0. The first-order valence-corrected chi connectivity index (χ1v) is 6.13. The Hall–Kier alpha value is -2.08. The summed E-state index contributed by atoms with van der Waals surface area (Å²) in [4.78, 5) is 6.65. The van der Waals surface area contributed by atoms with E-state index in [1.165, 1.54) is 0 Å². The van der Waals surface area contributed by atoms with Crippen LogP contribution in [0, 0.1) is 17.2 Å². The molecule has 2 rings (SSSR count). The predicted molar refractivity (Wildman–Crippen MR) is 74.6 cm³/mol. The molecule has 0 radical (unpaired) electrons. The summed E-state index contributed by atoms with van der Waals surface area (Å²) in [5, 5.41) is 10.3. The third-order valence-corrected chi connectivity index (χ3v) is 2.82. The summed E-state index contributed by atoms with van der Waals surface area (Å²) >= 11 is 0. The number of nitrogens with zero attached hydrogens (tertiary/aromatic N) is 3. The van der Waals surface area contributed by atoms with Gasteiger partial charge in [-0.2, -0.15) is 5.26 Å². The number of aromatic nitrogens is 1. The molecule has 3 heteroatoms. The lowest BCUT2D eigenvalue weighted by molar-refractivity contribution is 0.635. The van der Waals surface area contributed by atoms with E-state index in [2.05, 4.69) is 29.8 Å². The zero-order chi connectivity index (χ0) is 13.1. The SMILES string of the molecule is CC(C)CN(C)c1nc2ccccc2cc1C#N. The van der Waals surface area contributed by atoms with Crippen molar-refractivity contribution in [2.24, 2.45) is 5.92 Å². The second kappa shape index (κ2) is 5.05. The van der Waals surface area contributed by atoms with Crippen molar-refractivity contribution < 1.29 is 0 Å². The largest absolute Gasteiger partial charge is 0.358 e. The molecule has 0 aliphatic rings. The van der Waals surface area contributed by atoms with Crippen molar-refractivity contribution in [2.75, 3.05) is 18.5 Å². The topological polar surface area (TPSA) is 39.9 Å². The van der Waals surface area contributed by atoms with Gasteiger partial charge in [0.2, 0.25) is 0 Å². The smallest absolute Gasteiger partial charge is 0.147 e. The van der Waals surface area contributed by atoms with Gasteiger partial charge in [0.15, 0.2) is 0 Å². The Morgan fingerprint density at radius 1 is 1.33 bits per heavy atom. The van der Waals surface area contributed by atoms with Gasteiger partial charge in [-0.3, -0.25) is 0 Å². The molecule has 1 heterocycles. The van der Waals surface area contributed by atoms with E-state index >= 15 is 0 Å². The molecule has 0 amide bonds. The Kier molecular flexibility index (Phi) is 3.47. The van der Waals surface area contributed by atoms with E-state index in [4.69, 9.17) is 0 Å². The number of fused-ring (bicyclic) bond motifs is 1. The summed E-state index contributed by atoms with van der Waals surface area (Å²) in [7, 11) is 1.98. The van der Waals surface area contributed by atoms with Crippen LogP contribution in [0.25, 0.3) is 10.9 Å². The van der Waals surface area contributed by atoms with Crippen LogP contribution >= 0.6 is 0 Å². The van der Waals surface area contributed by atoms with Gasteiger partial charge in [-0.05, 0) is 18.1 Å². The van der Waals surface area contributed by atoms with Crippen molar-refractivity contribution >= 4 is 16.7 Å². The zero-order valence-electron chi connectivity index (χ0n) is 11.0. The van der Waals surface area contributed by atoms with E-state index in [0.717, 1.165) is 23.3 Å². The lowest BCUT2D eigenvalue weighted by Gasteiger charge is -2.21. The number of pyridine rings is 1. The Bertz CT molecular complexity index is 596. The van der Waals surface area contributed by atoms with Gasteiger partial charge in [-0.1, -0.05) is 32.0 Å². The van der Waals surface area contributed by atoms with Crippen LogP contribution in [0.4, 0.5) is 5.82 Å². The Morgan fingerprint density at radius 3 is 2.72 bits per heavy atom. The average molecular weight is 239 g/mol. The molecular weight excluding hydrogens is 222 g/mol. The number of anilines is 1. The van der Waals surface area contributed by atoms with E-state index < -0.39 is 0 Å². The molecule has 0 unspecified atom stereocenters. The van der Waals surface area contributed by atoms with Gasteiger partial charge in [0.1, 0.15) is 11.9 Å². The first-order chi connectivity index (χ1) is 8.61. The highest BCUT2D eigenvalue weighted by Crippen LogP contribution is 2.22. The molecule has 1 aromatic heterocycles. The number of nitriles is 1. The van der Waals surface area contributed by atoms with E-state index in [0.29, 0.717) is 11.5 Å². The van der Waals surface area contributed by atoms with Gasteiger partial charge in [0.25, 0.3) is 0 Å². The van der Waals surface area contributed by atoms with Crippen LogP contribution in [0.3, 0.4) is 0 Å². The maximum absolute atomic E-state index is 9.24. The molecule has 0 N–H and O–H groups in total. The third kappa shape index (κ3) is 2.43. The van der Waals surface area contributed by atoms with Crippen molar-refractivity contribution in [3.8, 4) is 6.07 Å². The van der Waals surface area contributed by atoms with Crippen molar-refractivity contribution in [1.82, 2.24) is 4.98 Å². The van der Waals surface area contributed by atoms with Crippen LogP contribution in [0.15, 0.2) is 30.3 Å². The van der Waals surface area contributed by atoms with Crippen LogP contribution in [0.2, 0.25) is 0 Å². The summed E-state index contributed by atoms with van der Waals surface area (Å²) in [6, 6.07) is 12.0. The second-order valence-corrected chi connectivity index (χ2v) is 4.94. The molecular formula is C15H17N3. The van der Waals surface area contributed by atoms with E-state index in [1.54, 1.807) is 0 Å². The number of para-hydroxylation sites is 1. The molecule has 2 aromatic rings. The highest BCUT2D eigenvalue weighted by molar-refractivity contribution is 5.82. The van der Waals surface area contributed by atoms with Crippen molar-refractivity contribution in [3.63, 3.8) is 0 Å². The lowest BCUT2D eigenvalue weighted by Crippen LogP contribution is -2.24. The monoisotopic (exact) mass is 239 g/mol. The first-order valence-electron chi connectivity index (χ1n) is 6.13. The summed E-state index contributed by atoms with van der Waals surface area (Å²) in [5.41, 5.74) is 1.57. The molecule has 92 valence electrons. The van der Waals surface area contributed by atoms with Crippen LogP contribution in [-0.2, 0) is 0 Å². The molecule has 0 spiro atoms. The first kappa shape index (κ1) is 12.4. The maximum Gasteiger partial charge on any atom is 0.147 e. The standard InChI is InChI=1S/C15H17N3/c1-11(2)10-18(3)15-13(9-16)8-12-6-4-5-7-14(12)17-15/h4-8,11H,10H2,1-3H3. The fraction of sp³-hybridized carbons (Fsp3) is 0.333. The summed E-state index contributed by atoms with van der Waals surface area (Å²) in [6.45, 7) is 5.20. The highest BCUT2D eigenvalue weighted by Gasteiger charge is 2.11. The predicted octanol–water partition coefficient (Wildman–Crippen LogP) is 3.20. The van der Waals surface area contributed by atoms with E-state index in [1.807, 2.05) is 37.4 Å². The van der Waals surface area contributed by atoms with Gasteiger partial charge >= 0.3 is 0 Å². The van der Waals surface area contributed by atoms with Crippen LogP contribution < -0.4 is 4.90 Å². The van der Waals surface area contributed by atoms with Gasteiger partial charge < -0.3 is 4.90 Å². The Labute approximate surface area is 108 Å². The average Bonchev–Trinajstić information content (AvgIpc) is 2.36. The third-order valence-electron chi connectivity index (χ3n) is 2.82. The Balaban J connectivity index is 2.52. The van der Waals surface area contributed by atoms with Crippen molar-refractivity contribution in [1.29, 1.82) is 5.26 Å². The molecule has 0 atom stereocenters. The quantitative estimate of drug-likeness (QED) is 0.825. The fourth-order valence-electron chi connectivity index (χ4n) is 2.11. The maximum atomic E-state index is 9.24. The highest BCUT2D eigenvalue weighted by atomic mass is 15.2. The van der Waals surface area contributed by atoms with Gasteiger partial charge in [-0.25, -0.2) is 4.98 Å². The van der Waals surface area contributed by atoms with Gasteiger partial charge in [0, 0.05) is 19.0 Å². The minimum absolute atomic E-state index is 0.537. The summed E-state index contributed by atoms with van der Waals surface area (Å²) in [5.74, 6) is 1.31. The van der Waals surface area contributed by atoms with E-state index in [-0.39, 0.29) is 0 Å². The lowest BCUT2D eigenvalue weighted by atomic mass is 10.1. The second-order valence-electron chi connectivity index (χ2n) is 4.94. The number of rotatable bonds is 3. The van der Waals surface area contributed by atoms with Crippen LogP contribution in [0.1, 0.15) is 19.4 Å². The van der Waals surface area contributed by atoms with Crippen LogP contribution in [0.5, 0.6) is 0 Å². The minimum Gasteiger partial charge on any atom is -0.358 e. The van der Waals surface area contributed by atoms with Crippen molar-refractivity contribution in [3.05, 3.63) is 35.9 Å². The van der Waals surface area contributed by atoms with Crippen molar-refractivity contribution in [2.45, 2.75) is 13.8 Å². The normalized spacial score (nSPS) is 10.6. The molecule has 18 heavy (non-hydrogen) atoms. The molecule has 0 saturated heterocycles. The molecule has 0 fully saturated rings. The van der Waals surface area contributed by atoms with Gasteiger partial charge in [0.05, 0.1) is 11.1 Å². The van der Waals surface area contributed by atoms with Crippen LogP contribution in [-0.4, -0.2) is 18.6 Å². The molecule has 0 aliphatic carbocycles. The summed E-state index contributed by atoms with van der Waals surface area (Å²) in [6.07, 6.45) is 0. The minimum atomic E-state index is 0.537. The molecule has 3 nitrogen and oxygen atoms in total. The van der Waals surface area contributed by atoms with Gasteiger partial charge in [-0.15, -0.1) is 0 Å². The number of hydrogen-bond acceptors (Lipinski definition) is 3. The molecule has 0 aliphatic heterocycles. The summed E-state index contributed by atoms with van der Waals surface area (Å²) < 4.78 is 0. The molecule has 0 bridgehead atoms. The zero-order valence-corrected chi connectivity index (χ0v) is 11.0. The fourth-order valence-corrected chi connectivity index (χ4v) is 2.11.